The second-order valence-corrected chi connectivity index (χ2v) is 5.47. The van der Waals surface area contributed by atoms with Crippen LogP contribution in [0, 0.1) is 32.1 Å². The molecule has 1 aromatic rings. The van der Waals surface area contributed by atoms with Gasteiger partial charge in [-0.25, -0.2) is 0 Å². The van der Waals surface area contributed by atoms with Gasteiger partial charge in [-0.05, 0) is 5.92 Å². The minimum absolute atomic E-state index is 0.167. The summed E-state index contributed by atoms with van der Waals surface area (Å²) in [5.74, 6) is -2.72. The van der Waals surface area contributed by atoms with E-state index in [4.69, 9.17) is 5.11 Å². The molecule has 0 aliphatic carbocycles. The Labute approximate surface area is 138 Å². The molecular formula is C13H14F3N3O6. The van der Waals surface area contributed by atoms with Crippen LogP contribution in [-0.2, 0) is 11.0 Å². The SMILES string of the molecule is CC(C)C(CNc1c([N+](=O)[O-])cc(C(F)(F)F)cc1[N+](=O)[O-])C(=O)O. The number of nitrogens with one attached hydrogen (secondary N) is 1. The minimum Gasteiger partial charge on any atom is -0.481 e. The Bertz CT molecular complexity index is 670. The van der Waals surface area contributed by atoms with Crippen molar-refractivity contribution in [2.24, 2.45) is 11.8 Å². The monoisotopic (exact) mass is 365 g/mol. The van der Waals surface area contributed by atoms with Crippen LogP contribution in [0.2, 0.25) is 0 Å². The molecule has 0 heterocycles. The molecule has 0 amide bonds. The predicted molar refractivity (Wildman–Crippen MR) is 79.2 cm³/mol. The van der Waals surface area contributed by atoms with E-state index in [0.29, 0.717) is 0 Å². The molecule has 1 aromatic carbocycles. The second kappa shape index (κ2) is 7.32. The van der Waals surface area contributed by atoms with E-state index in [1.54, 1.807) is 13.8 Å². The first-order valence-electron chi connectivity index (χ1n) is 6.87. The molecule has 0 aliphatic rings. The number of alkyl halides is 3. The lowest BCUT2D eigenvalue weighted by Gasteiger charge is -2.18. The predicted octanol–water partition coefficient (Wildman–Crippen LogP) is 3.29. The zero-order chi connectivity index (χ0) is 19.5. The Balaban J connectivity index is 3.44. The van der Waals surface area contributed by atoms with Gasteiger partial charge in [-0.15, -0.1) is 0 Å². The van der Waals surface area contributed by atoms with Crippen LogP contribution in [0.25, 0.3) is 0 Å². The number of carboxylic acids is 1. The average molecular weight is 365 g/mol. The van der Waals surface area contributed by atoms with E-state index in [2.05, 4.69) is 5.32 Å². The van der Waals surface area contributed by atoms with Crippen molar-refractivity contribution < 1.29 is 32.9 Å². The Hall–Kier alpha value is -2.92. The topological polar surface area (TPSA) is 136 Å². The highest BCUT2D eigenvalue weighted by Crippen LogP contribution is 2.41. The molecule has 1 atom stereocenters. The molecule has 12 heteroatoms. The highest BCUT2D eigenvalue weighted by molar-refractivity contribution is 5.76. The number of carbonyl (C=O) groups is 1. The maximum absolute atomic E-state index is 12.8. The molecular weight excluding hydrogens is 351 g/mol. The van der Waals surface area contributed by atoms with Crippen LogP contribution in [-0.4, -0.2) is 27.5 Å². The van der Waals surface area contributed by atoms with E-state index < -0.39 is 63.0 Å². The van der Waals surface area contributed by atoms with Gasteiger partial charge in [0.15, 0.2) is 5.69 Å². The van der Waals surface area contributed by atoms with Crippen LogP contribution in [0.3, 0.4) is 0 Å². The van der Waals surface area contributed by atoms with Crippen LogP contribution >= 0.6 is 0 Å². The molecule has 0 bridgehead atoms. The zero-order valence-electron chi connectivity index (χ0n) is 13.0. The van der Waals surface area contributed by atoms with Gasteiger partial charge in [-0.2, -0.15) is 13.2 Å². The minimum atomic E-state index is -5.02. The smallest absolute Gasteiger partial charge is 0.416 e. The first-order valence-corrected chi connectivity index (χ1v) is 6.87. The summed E-state index contributed by atoms with van der Waals surface area (Å²) in [4.78, 5) is 30.8. The molecule has 0 saturated heterocycles. The van der Waals surface area contributed by atoms with E-state index in [0.717, 1.165) is 0 Å². The number of rotatable bonds is 7. The number of hydrogen-bond donors (Lipinski definition) is 2. The summed E-state index contributed by atoms with van der Waals surface area (Å²) in [6.07, 6.45) is -5.02. The molecule has 0 saturated carbocycles. The van der Waals surface area contributed by atoms with Gasteiger partial charge < -0.3 is 10.4 Å². The fraction of sp³-hybridized carbons (Fsp3) is 0.462. The Morgan fingerprint density at radius 3 is 1.92 bits per heavy atom. The van der Waals surface area contributed by atoms with Gasteiger partial charge in [0.05, 0.1) is 21.3 Å². The molecule has 2 N–H and O–H groups in total. The van der Waals surface area contributed by atoms with Crippen molar-refractivity contribution >= 4 is 23.0 Å². The normalized spacial score (nSPS) is 12.7. The van der Waals surface area contributed by atoms with E-state index >= 15 is 0 Å². The number of benzene rings is 1. The lowest BCUT2D eigenvalue weighted by Crippen LogP contribution is -2.28. The molecule has 1 unspecified atom stereocenters. The fourth-order valence-electron chi connectivity index (χ4n) is 2.06. The highest BCUT2D eigenvalue weighted by Gasteiger charge is 2.38. The van der Waals surface area contributed by atoms with E-state index in [1.165, 1.54) is 0 Å². The number of aliphatic carboxylic acids is 1. The molecule has 138 valence electrons. The van der Waals surface area contributed by atoms with Gasteiger partial charge in [0, 0.05) is 18.7 Å². The van der Waals surface area contributed by atoms with E-state index in [9.17, 15) is 38.2 Å². The number of anilines is 1. The Morgan fingerprint density at radius 1 is 1.20 bits per heavy atom. The summed E-state index contributed by atoms with van der Waals surface area (Å²) >= 11 is 0. The van der Waals surface area contributed by atoms with Gasteiger partial charge in [-0.3, -0.25) is 25.0 Å². The third kappa shape index (κ3) is 4.78. The van der Waals surface area contributed by atoms with Gasteiger partial charge in [0.1, 0.15) is 0 Å². The van der Waals surface area contributed by atoms with Crippen LogP contribution in [0.15, 0.2) is 12.1 Å². The summed E-state index contributed by atoms with van der Waals surface area (Å²) in [5.41, 5.74) is -4.63. The lowest BCUT2D eigenvalue weighted by molar-refractivity contribution is -0.392. The first-order chi connectivity index (χ1) is 11.4. The lowest BCUT2D eigenvalue weighted by atomic mass is 9.96. The quantitative estimate of drug-likeness (QED) is 0.559. The summed E-state index contributed by atoms with van der Waals surface area (Å²) in [5, 5.41) is 33.4. The summed E-state index contributed by atoms with van der Waals surface area (Å²) in [6, 6.07) is 0.334. The van der Waals surface area contributed by atoms with Crippen molar-refractivity contribution in [3.63, 3.8) is 0 Å². The van der Waals surface area contributed by atoms with Gasteiger partial charge >= 0.3 is 12.1 Å². The maximum Gasteiger partial charge on any atom is 0.416 e. The Kier molecular flexibility index (Phi) is 5.89. The van der Waals surface area contributed by atoms with E-state index in [-0.39, 0.29) is 12.1 Å². The zero-order valence-corrected chi connectivity index (χ0v) is 13.0. The third-order valence-corrected chi connectivity index (χ3v) is 3.44. The van der Waals surface area contributed by atoms with Crippen molar-refractivity contribution in [2.45, 2.75) is 20.0 Å². The largest absolute Gasteiger partial charge is 0.481 e. The number of carboxylic acid groups (broad SMARTS) is 1. The molecule has 1 rings (SSSR count). The fourth-order valence-corrected chi connectivity index (χ4v) is 2.06. The number of nitrogens with zero attached hydrogens (tertiary/aromatic N) is 2. The van der Waals surface area contributed by atoms with Crippen LogP contribution < -0.4 is 5.32 Å². The first kappa shape index (κ1) is 20.1. The van der Waals surface area contributed by atoms with Crippen LogP contribution in [0.4, 0.5) is 30.2 Å². The van der Waals surface area contributed by atoms with Gasteiger partial charge in [0.2, 0.25) is 0 Å². The molecule has 0 aromatic heterocycles. The van der Waals surface area contributed by atoms with Gasteiger partial charge in [-0.1, -0.05) is 13.8 Å². The number of halogens is 3. The van der Waals surface area contributed by atoms with Crippen molar-refractivity contribution in [3.05, 3.63) is 37.9 Å². The highest BCUT2D eigenvalue weighted by atomic mass is 19.4. The van der Waals surface area contributed by atoms with Crippen molar-refractivity contribution in [2.75, 3.05) is 11.9 Å². The number of nitro benzene ring substituents is 2. The van der Waals surface area contributed by atoms with Crippen LogP contribution in [0.5, 0.6) is 0 Å². The van der Waals surface area contributed by atoms with Crippen LogP contribution in [0.1, 0.15) is 19.4 Å². The maximum atomic E-state index is 12.8. The van der Waals surface area contributed by atoms with E-state index in [1.807, 2.05) is 0 Å². The van der Waals surface area contributed by atoms with Crippen molar-refractivity contribution in [1.82, 2.24) is 0 Å². The average Bonchev–Trinajstić information content (AvgIpc) is 2.44. The molecule has 0 fully saturated rings. The third-order valence-electron chi connectivity index (χ3n) is 3.44. The second-order valence-electron chi connectivity index (χ2n) is 5.47. The number of hydrogen-bond acceptors (Lipinski definition) is 6. The summed E-state index contributed by atoms with van der Waals surface area (Å²) in [7, 11) is 0. The summed E-state index contributed by atoms with van der Waals surface area (Å²) < 4.78 is 38.4. The van der Waals surface area contributed by atoms with Gasteiger partial charge in [0.25, 0.3) is 11.4 Å². The molecule has 0 spiro atoms. The summed E-state index contributed by atoms with van der Waals surface area (Å²) in [6.45, 7) is 2.67. The van der Waals surface area contributed by atoms with Crippen molar-refractivity contribution in [3.8, 4) is 0 Å². The molecule has 25 heavy (non-hydrogen) atoms. The van der Waals surface area contributed by atoms with Crippen molar-refractivity contribution in [1.29, 1.82) is 0 Å². The Morgan fingerprint density at radius 2 is 1.64 bits per heavy atom. The number of nitro groups is 2. The molecule has 9 nitrogen and oxygen atoms in total. The standard InChI is InChI=1S/C13H14F3N3O6/c1-6(2)8(12(20)21)5-17-11-9(18(22)23)3-7(13(14,15)16)4-10(11)19(24)25/h3-4,6,8,17H,5H2,1-2H3,(H,20,21). The molecule has 0 aliphatic heterocycles. The molecule has 0 radical (unpaired) electrons.